The Balaban J connectivity index is 1.88. The van der Waals surface area contributed by atoms with Crippen LogP contribution >= 0.6 is 11.8 Å². The van der Waals surface area contributed by atoms with Gasteiger partial charge in [0, 0.05) is 17.9 Å². The van der Waals surface area contributed by atoms with E-state index in [-0.39, 0.29) is 11.2 Å². The van der Waals surface area contributed by atoms with Gasteiger partial charge in [-0.2, -0.15) is 19.9 Å². The average Bonchev–Trinajstić information content (AvgIpc) is 3.03. The second kappa shape index (κ2) is 6.59. The fraction of sp³-hybridized carbons (Fsp3) is 0.214. The molecule has 9 nitrogen and oxygen atoms in total. The molecule has 0 aliphatic heterocycles. The van der Waals surface area contributed by atoms with E-state index in [1.165, 1.54) is 32.2 Å². The van der Waals surface area contributed by atoms with Crippen molar-refractivity contribution in [3.8, 4) is 17.8 Å². The number of ether oxygens (including phenoxy) is 2. The predicted molar refractivity (Wildman–Crippen MR) is 85.2 cm³/mol. The molecule has 0 radical (unpaired) electrons. The van der Waals surface area contributed by atoms with Gasteiger partial charge >= 0.3 is 5.69 Å². The number of aromatic amines is 1. The van der Waals surface area contributed by atoms with Gasteiger partial charge in [-0.25, -0.2) is 9.78 Å². The van der Waals surface area contributed by atoms with Gasteiger partial charge in [0.2, 0.25) is 11.8 Å². The number of hydrogen-bond donors (Lipinski definition) is 1. The maximum absolute atomic E-state index is 12.0. The highest BCUT2D eigenvalue weighted by atomic mass is 32.2. The Bertz CT molecular complexity index is 968. The van der Waals surface area contributed by atoms with Crippen LogP contribution in [0.1, 0.15) is 11.1 Å². The summed E-state index contributed by atoms with van der Waals surface area (Å²) in [5.74, 6) is 1.37. The fourth-order valence-electron chi connectivity index (χ4n) is 1.99. The molecule has 3 rings (SSSR count). The molecule has 3 aromatic heterocycles. The molecule has 0 fully saturated rings. The van der Waals surface area contributed by atoms with Gasteiger partial charge in [0.25, 0.3) is 0 Å². The summed E-state index contributed by atoms with van der Waals surface area (Å²) in [4.78, 5) is 23.0. The van der Waals surface area contributed by atoms with Crippen molar-refractivity contribution in [3.05, 3.63) is 39.9 Å². The first-order valence-electron chi connectivity index (χ1n) is 6.74. The number of H-pyrrole nitrogens is 1. The van der Waals surface area contributed by atoms with E-state index in [9.17, 15) is 4.79 Å². The van der Waals surface area contributed by atoms with Crippen molar-refractivity contribution < 1.29 is 9.47 Å². The molecule has 0 atom stereocenters. The Morgan fingerprint density at radius 3 is 2.62 bits per heavy atom. The number of pyridine rings is 1. The molecule has 0 saturated heterocycles. The Labute approximate surface area is 140 Å². The van der Waals surface area contributed by atoms with Crippen molar-refractivity contribution in [3.63, 3.8) is 0 Å². The molecular formula is C14H12N6O3S. The zero-order chi connectivity index (χ0) is 17.1. The summed E-state index contributed by atoms with van der Waals surface area (Å²) in [5, 5.41) is 13.3. The molecule has 0 saturated carbocycles. The number of nitrogens with one attached hydrogen (secondary N) is 1. The van der Waals surface area contributed by atoms with Gasteiger partial charge in [-0.1, -0.05) is 11.8 Å². The van der Waals surface area contributed by atoms with Gasteiger partial charge in [-0.3, -0.25) is 4.98 Å². The molecule has 122 valence electrons. The predicted octanol–water partition coefficient (Wildman–Crippen LogP) is 0.994. The summed E-state index contributed by atoms with van der Waals surface area (Å²) in [5.41, 5.74) is 0.915. The summed E-state index contributed by atoms with van der Waals surface area (Å²) in [6, 6.07) is 5.50. The molecular weight excluding hydrogens is 332 g/mol. The van der Waals surface area contributed by atoms with Crippen molar-refractivity contribution in [1.29, 1.82) is 5.26 Å². The normalized spacial score (nSPS) is 10.5. The number of rotatable bonds is 5. The van der Waals surface area contributed by atoms with E-state index in [0.717, 1.165) is 10.1 Å². The van der Waals surface area contributed by atoms with Gasteiger partial charge in [-0.05, 0) is 5.56 Å². The lowest BCUT2D eigenvalue weighted by Crippen LogP contribution is -2.19. The smallest absolute Gasteiger partial charge is 0.350 e. The van der Waals surface area contributed by atoms with Gasteiger partial charge in [-0.15, -0.1) is 0 Å². The highest BCUT2D eigenvalue weighted by Crippen LogP contribution is 2.24. The molecule has 0 aromatic carbocycles. The first kappa shape index (κ1) is 15.8. The van der Waals surface area contributed by atoms with Gasteiger partial charge in [0.1, 0.15) is 11.6 Å². The summed E-state index contributed by atoms with van der Waals surface area (Å²) in [7, 11) is 3.05. The molecule has 3 heterocycles. The number of methoxy groups -OCH3 is 2. The first-order valence-corrected chi connectivity index (χ1v) is 7.73. The average molecular weight is 344 g/mol. The van der Waals surface area contributed by atoms with E-state index in [1.54, 1.807) is 12.1 Å². The minimum atomic E-state index is -0.450. The maximum atomic E-state index is 12.0. The lowest BCUT2D eigenvalue weighted by Gasteiger charge is -2.07. The van der Waals surface area contributed by atoms with Crippen LogP contribution in [0.3, 0.4) is 0 Å². The van der Waals surface area contributed by atoms with Crippen LogP contribution < -0.4 is 15.2 Å². The molecule has 0 unspecified atom stereocenters. The molecule has 3 aromatic rings. The van der Waals surface area contributed by atoms with Crippen LogP contribution in [0.2, 0.25) is 0 Å². The third-order valence-electron chi connectivity index (χ3n) is 3.11. The van der Waals surface area contributed by atoms with Crippen molar-refractivity contribution in [2.45, 2.75) is 10.9 Å². The van der Waals surface area contributed by atoms with E-state index < -0.39 is 5.69 Å². The van der Waals surface area contributed by atoms with Gasteiger partial charge in [0.15, 0.2) is 10.8 Å². The molecule has 24 heavy (non-hydrogen) atoms. The molecule has 0 bridgehead atoms. The van der Waals surface area contributed by atoms with E-state index in [4.69, 9.17) is 14.7 Å². The van der Waals surface area contributed by atoms with Crippen LogP contribution in [0.15, 0.2) is 28.3 Å². The quantitative estimate of drug-likeness (QED) is 0.681. The van der Waals surface area contributed by atoms with Crippen LogP contribution in [0.25, 0.3) is 5.65 Å². The molecule has 1 N–H and O–H groups in total. The zero-order valence-electron chi connectivity index (χ0n) is 12.8. The molecule has 10 heteroatoms. The number of thioether (sulfide) groups is 1. The Morgan fingerprint density at radius 1 is 1.29 bits per heavy atom. The Morgan fingerprint density at radius 2 is 2.00 bits per heavy atom. The molecule has 0 amide bonds. The number of fused-ring (bicyclic) bond motifs is 1. The van der Waals surface area contributed by atoms with Crippen LogP contribution in [0.5, 0.6) is 11.8 Å². The molecule has 0 aliphatic rings. The minimum absolute atomic E-state index is 0.230. The zero-order valence-corrected chi connectivity index (χ0v) is 13.6. The third-order valence-corrected chi connectivity index (χ3v) is 4.05. The van der Waals surface area contributed by atoms with Crippen LogP contribution in [-0.4, -0.2) is 38.8 Å². The molecule has 0 aliphatic carbocycles. The standard InChI is InChI=1S/C14H12N6O3S/c1-22-10-3-8(4-11(17-10)23-2)7-24-13-18-12-9(5-15)6-16-20(12)14(21)19-13/h3-4,6H,7H2,1-2H3,(H,18,19,21). The number of aromatic nitrogens is 5. The summed E-state index contributed by atoms with van der Waals surface area (Å²) in [6.07, 6.45) is 1.31. The number of hydrogen-bond acceptors (Lipinski definition) is 8. The fourth-order valence-corrected chi connectivity index (χ4v) is 2.77. The summed E-state index contributed by atoms with van der Waals surface area (Å²) >= 11 is 1.31. The van der Waals surface area contributed by atoms with E-state index in [1.807, 2.05) is 6.07 Å². The highest BCUT2D eigenvalue weighted by Gasteiger charge is 2.11. The van der Waals surface area contributed by atoms with Crippen molar-refractivity contribution in [2.24, 2.45) is 0 Å². The van der Waals surface area contributed by atoms with Crippen LogP contribution in [0.4, 0.5) is 0 Å². The number of nitriles is 1. The Hall–Kier alpha value is -3.06. The molecule has 0 spiro atoms. The SMILES string of the molecule is COc1cc(CSc2nc3c(C#N)cnn3c(=O)[nH]2)cc(OC)n1. The van der Waals surface area contributed by atoms with Crippen molar-refractivity contribution in [2.75, 3.05) is 14.2 Å². The van der Waals surface area contributed by atoms with E-state index in [2.05, 4.69) is 20.1 Å². The largest absolute Gasteiger partial charge is 0.481 e. The summed E-state index contributed by atoms with van der Waals surface area (Å²) in [6.45, 7) is 0. The monoisotopic (exact) mass is 344 g/mol. The highest BCUT2D eigenvalue weighted by molar-refractivity contribution is 7.98. The first-order chi connectivity index (χ1) is 11.6. The second-order valence-electron chi connectivity index (χ2n) is 4.60. The van der Waals surface area contributed by atoms with Crippen LogP contribution in [0, 0.1) is 11.3 Å². The second-order valence-corrected chi connectivity index (χ2v) is 5.57. The Kier molecular flexibility index (Phi) is 4.35. The maximum Gasteiger partial charge on any atom is 0.350 e. The minimum Gasteiger partial charge on any atom is -0.481 e. The van der Waals surface area contributed by atoms with E-state index >= 15 is 0 Å². The lowest BCUT2D eigenvalue weighted by atomic mass is 10.3. The topological polar surface area (TPSA) is 118 Å². The third kappa shape index (κ3) is 3.02. The van der Waals surface area contributed by atoms with Gasteiger partial charge in [0.05, 0.1) is 20.4 Å². The number of nitrogens with zero attached hydrogens (tertiary/aromatic N) is 5. The summed E-state index contributed by atoms with van der Waals surface area (Å²) < 4.78 is 11.3. The van der Waals surface area contributed by atoms with Crippen molar-refractivity contribution >= 4 is 17.4 Å². The van der Waals surface area contributed by atoms with E-state index in [0.29, 0.717) is 22.7 Å². The van der Waals surface area contributed by atoms with Crippen molar-refractivity contribution in [1.82, 2.24) is 24.6 Å². The van der Waals surface area contributed by atoms with Crippen LogP contribution in [-0.2, 0) is 5.75 Å². The lowest BCUT2D eigenvalue weighted by molar-refractivity contribution is 0.364. The van der Waals surface area contributed by atoms with Gasteiger partial charge < -0.3 is 9.47 Å².